The molecule has 0 saturated carbocycles. The Kier molecular flexibility index (Phi) is 4.94. The van der Waals surface area contributed by atoms with E-state index in [9.17, 15) is 4.79 Å². The van der Waals surface area contributed by atoms with E-state index in [1.807, 2.05) is 31.2 Å². The molecule has 112 valence electrons. The van der Waals surface area contributed by atoms with E-state index in [4.69, 9.17) is 10.5 Å². The second-order valence-corrected chi connectivity index (χ2v) is 4.76. The molecule has 1 aromatic heterocycles. The lowest BCUT2D eigenvalue weighted by molar-refractivity contribution is 0.0935. The number of rotatable bonds is 6. The maximum absolute atomic E-state index is 12.2. The Hall–Kier alpha value is -2.34. The molecule has 0 fully saturated rings. The van der Waals surface area contributed by atoms with Crippen LogP contribution in [0.25, 0.3) is 0 Å². The number of nitrogens with zero attached hydrogens (tertiary/aromatic N) is 2. The number of hydrogen-bond donors (Lipinski definition) is 2. The number of methoxy groups -OCH3 is 1. The third-order valence-corrected chi connectivity index (χ3v) is 3.19. The first kappa shape index (κ1) is 15.1. The van der Waals surface area contributed by atoms with Gasteiger partial charge in [0.1, 0.15) is 11.4 Å². The number of carbonyl (C=O) groups is 1. The highest BCUT2D eigenvalue weighted by molar-refractivity contribution is 5.92. The molecule has 6 heteroatoms. The molecule has 1 atom stereocenters. The van der Waals surface area contributed by atoms with Crippen LogP contribution in [0.3, 0.4) is 0 Å². The van der Waals surface area contributed by atoms with E-state index < -0.39 is 0 Å². The summed E-state index contributed by atoms with van der Waals surface area (Å²) < 4.78 is 6.98. The lowest BCUT2D eigenvalue weighted by Gasteiger charge is -2.14. The van der Waals surface area contributed by atoms with Crippen LogP contribution in [0, 0.1) is 0 Å². The molecule has 2 rings (SSSR count). The highest BCUT2D eigenvalue weighted by atomic mass is 16.5. The van der Waals surface area contributed by atoms with Crippen molar-refractivity contribution in [2.75, 3.05) is 13.7 Å². The van der Waals surface area contributed by atoms with Gasteiger partial charge in [0.2, 0.25) is 0 Å². The number of hydrogen-bond acceptors (Lipinski definition) is 4. The van der Waals surface area contributed by atoms with Crippen molar-refractivity contribution in [2.45, 2.75) is 19.5 Å². The van der Waals surface area contributed by atoms with Crippen LogP contribution in [0.4, 0.5) is 0 Å². The third kappa shape index (κ3) is 3.82. The molecule has 6 nitrogen and oxygen atoms in total. The number of nitrogens with two attached hydrogens (primary N) is 1. The maximum atomic E-state index is 12.2. The number of carbonyl (C=O) groups excluding carboxylic acids is 1. The van der Waals surface area contributed by atoms with Crippen LogP contribution in [-0.2, 0) is 6.54 Å². The van der Waals surface area contributed by atoms with Crippen molar-refractivity contribution in [1.82, 2.24) is 14.9 Å². The van der Waals surface area contributed by atoms with E-state index in [-0.39, 0.29) is 11.9 Å². The van der Waals surface area contributed by atoms with Crippen molar-refractivity contribution >= 4 is 5.91 Å². The quantitative estimate of drug-likeness (QED) is 0.840. The lowest BCUT2D eigenvalue weighted by atomic mass is 10.1. The van der Waals surface area contributed by atoms with E-state index >= 15 is 0 Å². The Morgan fingerprint density at radius 2 is 2.33 bits per heavy atom. The van der Waals surface area contributed by atoms with E-state index in [0.29, 0.717) is 18.8 Å². The summed E-state index contributed by atoms with van der Waals surface area (Å²) in [5.74, 6) is 0.557. The van der Waals surface area contributed by atoms with Gasteiger partial charge >= 0.3 is 0 Å². The summed E-state index contributed by atoms with van der Waals surface area (Å²) in [6, 6.07) is 7.48. The molecule has 3 N–H and O–H groups in total. The number of ether oxygens (including phenoxy) is 1. The molecule has 1 heterocycles. The van der Waals surface area contributed by atoms with Gasteiger partial charge in [-0.25, -0.2) is 4.98 Å². The summed E-state index contributed by atoms with van der Waals surface area (Å²) in [6.07, 6.45) is 3.30. The van der Waals surface area contributed by atoms with Crippen LogP contribution in [0.1, 0.15) is 29.0 Å². The standard InChI is InChI=1S/C15H20N4O2/c1-11(12-4-3-5-13(8-12)21-2)18-15(20)14-9-19(7-6-16)10-17-14/h3-5,8-11H,6-7,16H2,1-2H3,(H,18,20)/t11-/m0/s1. The molecule has 0 aliphatic heterocycles. The van der Waals surface area contributed by atoms with E-state index in [1.165, 1.54) is 0 Å². The smallest absolute Gasteiger partial charge is 0.271 e. The number of aromatic nitrogens is 2. The van der Waals surface area contributed by atoms with Crippen LogP contribution < -0.4 is 15.8 Å². The molecule has 0 bridgehead atoms. The molecular weight excluding hydrogens is 268 g/mol. The van der Waals surface area contributed by atoms with Gasteiger partial charge in [0.15, 0.2) is 0 Å². The number of imidazole rings is 1. The van der Waals surface area contributed by atoms with E-state index in [1.54, 1.807) is 24.2 Å². The number of nitrogens with one attached hydrogen (secondary N) is 1. The van der Waals surface area contributed by atoms with Gasteiger partial charge in [-0.05, 0) is 24.6 Å². The van der Waals surface area contributed by atoms with Gasteiger partial charge in [0, 0.05) is 19.3 Å². The highest BCUT2D eigenvalue weighted by Gasteiger charge is 2.14. The van der Waals surface area contributed by atoms with Crippen LogP contribution in [0.2, 0.25) is 0 Å². The summed E-state index contributed by atoms with van der Waals surface area (Å²) in [5.41, 5.74) is 6.83. The molecule has 21 heavy (non-hydrogen) atoms. The fraction of sp³-hybridized carbons (Fsp3) is 0.333. The summed E-state index contributed by atoms with van der Waals surface area (Å²) in [6.45, 7) is 3.08. The highest BCUT2D eigenvalue weighted by Crippen LogP contribution is 2.19. The zero-order valence-corrected chi connectivity index (χ0v) is 12.2. The number of benzene rings is 1. The Morgan fingerprint density at radius 3 is 3.05 bits per heavy atom. The van der Waals surface area contributed by atoms with Crippen molar-refractivity contribution in [1.29, 1.82) is 0 Å². The molecule has 1 amide bonds. The Bertz CT molecular complexity index is 609. The van der Waals surface area contributed by atoms with Crippen LogP contribution in [-0.4, -0.2) is 29.1 Å². The van der Waals surface area contributed by atoms with Crippen molar-refractivity contribution in [3.8, 4) is 5.75 Å². The van der Waals surface area contributed by atoms with Gasteiger partial charge in [-0.2, -0.15) is 0 Å². The second kappa shape index (κ2) is 6.90. The Balaban J connectivity index is 2.03. The van der Waals surface area contributed by atoms with Gasteiger partial charge < -0.3 is 20.4 Å². The summed E-state index contributed by atoms with van der Waals surface area (Å²) in [5, 5.41) is 2.92. The van der Waals surface area contributed by atoms with Gasteiger partial charge in [-0.15, -0.1) is 0 Å². The molecule has 0 radical (unpaired) electrons. The fourth-order valence-corrected chi connectivity index (χ4v) is 2.01. The van der Waals surface area contributed by atoms with Crippen molar-refractivity contribution in [2.24, 2.45) is 5.73 Å². The van der Waals surface area contributed by atoms with Gasteiger partial charge in [-0.3, -0.25) is 4.79 Å². The molecule has 0 aliphatic carbocycles. The minimum absolute atomic E-state index is 0.132. The SMILES string of the molecule is COc1cccc([C@H](C)NC(=O)c2cn(CCN)cn2)c1. The molecule has 0 spiro atoms. The Labute approximate surface area is 123 Å². The van der Waals surface area contributed by atoms with Crippen LogP contribution in [0.15, 0.2) is 36.8 Å². The topological polar surface area (TPSA) is 82.2 Å². The Morgan fingerprint density at radius 1 is 1.52 bits per heavy atom. The average molecular weight is 288 g/mol. The largest absolute Gasteiger partial charge is 0.497 e. The van der Waals surface area contributed by atoms with E-state index in [2.05, 4.69) is 10.3 Å². The summed E-state index contributed by atoms with van der Waals surface area (Å²) >= 11 is 0. The monoisotopic (exact) mass is 288 g/mol. The minimum Gasteiger partial charge on any atom is -0.497 e. The van der Waals surface area contributed by atoms with Crippen molar-refractivity contribution in [3.05, 3.63) is 48.0 Å². The average Bonchev–Trinajstić information content (AvgIpc) is 2.96. The molecule has 0 saturated heterocycles. The minimum atomic E-state index is -0.207. The first-order valence-corrected chi connectivity index (χ1v) is 6.80. The van der Waals surface area contributed by atoms with Crippen LogP contribution in [0.5, 0.6) is 5.75 Å². The second-order valence-electron chi connectivity index (χ2n) is 4.76. The third-order valence-electron chi connectivity index (χ3n) is 3.19. The predicted molar refractivity (Wildman–Crippen MR) is 80.2 cm³/mol. The maximum Gasteiger partial charge on any atom is 0.271 e. The van der Waals surface area contributed by atoms with E-state index in [0.717, 1.165) is 11.3 Å². The zero-order valence-electron chi connectivity index (χ0n) is 12.2. The molecule has 2 aromatic rings. The summed E-state index contributed by atoms with van der Waals surface area (Å²) in [7, 11) is 1.62. The van der Waals surface area contributed by atoms with Gasteiger partial charge in [-0.1, -0.05) is 12.1 Å². The zero-order chi connectivity index (χ0) is 15.2. The predicted octanol–water partition coefficient (Wildman–Crippen LogP) is 1.34. The van der Waals surface area contributed by atoms with Gasteiger partial charge in [0.05, 0.1) is 19.5 Å². The number of amides is 1. The first-order chi connectivity index (χ1) is 10.1. The van der Waals surface area contributed by atoms with Gasteiger partial charge in [0.25, 0.3) is 5.91 Å². The van der Waals surface area contributed by atoms with Crippen molar-refractivity contribution in [3.63, 3.8) is 0 Å². The molecular formula is C15H20N4O2. The molecule has 1 aromatic carbocycles. The summed E-state index contributed by atoms with van der Waals surface area (Å²) in [4.78, 5) is 16.2. The van der Waals surface area contributed by atoms with Crippen LogP contribution >= 0.6 is 0 Å². The normalized spacial score (nSPS) is 12.0. The molecule has 0 aliphatic rings. The first-order valence-electron chi connectivity index (χ1n) is 6.80. The molecule has 0 unspecified atom stereocenters. The van der Waals surface area contributed by atoms with Crippen molar-refractivity contribution < 1.29 is 9.53 Å². The lowest BCUT2D eigenvalue weighted by Crippen LogP contribution is -2.27. The fourth-order valence-electron chi connectivity index (χ4n) is 2.01.